The van der Waals surface area contributed by atoms with Crippen molar-refractivity contribution in [1.29, 1.82) is 0 Å². The predicted octanol–water partition coefficient (Wildman–Crippen LogP) is 2.48. The lowest BCUT2D eigenvalue weighted by atomic mass is 10.1. The zero-order valence-corrected chi connectivity index (χ0v) is 9.23. The molecule has 0 bridgehead atoms. The Hall–Kier alpha value is -0.380. The molecule has 0 aliphatic carbocycles. The molecule has 0 fully saturated rings. The minimum atomic E-state index is 0.0590. The number of nitrogens with two attached hydrogens (primary N) is 1. The minimum Gasteiger partial charge on any atom is -0.374 e. The average molecular weight is 199 g/mol. The van der Waals surface area contributed by atoms with E-state index in [1.165, 1.54) is 9.75 Å². The van der Waals surface area contributed by atoms with Crippen LogP contribution in [0.1, 0.15) is 29.2 Å². The molecule has 0 amide bonds. The summed E-state index contributed by atoms with van der Waals surface area (Å²) in [7, 11) is 1.72. The predicted molar refractivity (Wildman–Crippen MR) is 57.1 cm³/mol. The third-order valence-electron chi connectivity index (χ3n) is 2.16. The highest BCUT2D eigenvalue weighted by atomic mass is 32.1. The van der Waals surface area contributed by atoms with Crippen LogP contribution in [0.4, 0.5) is 0 Å². The van der Waals surface area contributed by atoms with Gasteiger partial charge in [-0.1, -0.05) is 6.92 Å². The SMILES string of the molecule is CCC(N)C(OC)c1ccc(C)s1. The normalized spacial score (nSPS) is 15.7. The van der Waals surface area contributed by atoms with Gasteiger partial charge < -0.3 is 10.5 Å². The summed E-state index contributed by atoms with van der Waals surface area (Å²) in [6.07, 6.45) is 0.999. The van der Waals surface area contributed by atoms with Crippen LogP contribution in [0.5, 0.6) is 0 Å². The van der Waals surface area contributed by atoms with E-state index in [-0.39, 0.29) is 12.1 Å². The van der Waals surface area contributed by atoms with E-state index in [0.717, 1.165) is 6.42 Å². The lowest BCUT2D eigenvalue weighted by Crippen LogP contribution is -2.28. The maximum Gasteiger partial charge on any atom is 0.106 e. The van der Waals surface area contributed by atoms with E-state index in [9.17, 15) is 0 Å². The highest BCUT2D eigenvalue weighted by Crippen LogP contribution is 2.27. The number of thiophene rings is 1. The van der Waals surface area contributed by atoms with Gasteiger partial charge in [0.2, 0.25) is 0 Å². The van der Waals surface area contributed by atoms with Gasteiger partial charge in [0.05, 0.1) is 0 Å². The molecule has 2 nitrogen and oxygen atoms in total. The molecule has 0 aliphatic heterocycles. The average Bonchev–Trinajstić information content (AvgIpc) is 2.53. The van der Waals surface area contributed by atoms with Crippen molar-refractivity contribution in [2.75, 3.05) is 7.11 Å². The third-order valence-corrected chi connectivity index (χ3v) is 3.22. The molecule has 13 heavy (non-hydrogen) atoms. The van der Waals surface area contributed by atoms with Gasteiger partial charge in [0, 0.05) is 22.9 Å². The van der Waals surface area contributed by atoms with Crippen LogP contribution in [0.15, 0.2) is 12.1 Å². The molecule has 1 rings (SSSR count). The molecule has 74 valence electrons. The highest BCUT2D eigenvalue weighted by Gasteiger charge is 2.18. The first-order valence-electron chi connectivity index (χ1n) is 4.53. The zero-order valence-electron chi connectivity index (χ0n) is 8.41. The molecule has 1 heterocycles. The molecule has 2 unspecified atom stereocenters. The number of rotatable bonds is 4. The number of hydrogen-bond acceptors (Lipinski definition) is 3. The Labute approximate surface area is 83.7 Å². The number of ether oxygens (including phenoxy) is 1. The van der Waals surface area contributed by atoms with Crippen molar-refractivity contribution in [1.82, 2.24) is 0 Å². The van der Waals surface area contributed by atoms with Crippen molar-refractivity contribution in [3.8, 4) is 0 Å². The van der Waals surface area contributed by atoms with Gasteiger partial charge in [-0.25, -0.2) is 0 Å². The Bertz CT molecular complexity index is 259. The van der Waals surface area contributed by atoms with Crippen LogP contribution in [0.3, 0.4) is 0 Å². The quantitative estimate of drug-likeness (QED) is 0.808. The fraction of sp³-hybridized carbons (Fsp3) is 0.600. The van der Waals surface area contributed by atoms with Gasteiger partial charge in [-0.15, -0.1) is 11.3 Å². The first kappa shape index (κ1) is 10.7. The fourth-order valence-electron chi connectivity index (χ4n) is 1.32. The van der Waals surface area contributed by atoms with Gasteiger partial charge >= 0.3 is 0 Å². The molecule has 1 aromatic rings. The van der Waals surface area contributed by atoms with E-state index in [4.69, 9.17) is 10.5 Å². The summed E-state index contributed by atoms with van der Waals surface area (Å²) < 4.78 is 5.39. The van der Waals surface area contributed by atoms with Crippen LogP contribution in [-0.2, 0) is 4.74 Å². The molecule has 0 aliphatic rings. The van der Waals surface area contributed by atoms with Crippen LogP contribution >= 0.6 is 11.3 Å². The summed E-state index contributed by atoms with van der Waals surface area (Å²) >= 11 is 1.76. The molecule has 3 heteroatoms. The van der Waals surface area contributed by atoms with Crippen LogP contribution in [0, 0.1) is 6.92 Å². The number of hydrogen-bond donors (Lipinski definition) is 1. The molecule has 0 saturated heterocycles. The van der Waals surface area contributed by atoms with Gasteiger partial charge in [-0.05, 0) is 25.5 Å². The molecule has 0 radical (unpaired) electrons. The standard InChI is InChI=1S/C10H17NOS/c1-4-8(11)10(12-3)9-6-5-7(2)13-9/h5-6,8,10H,4,11H2,1-3H3. The van der Waals surface area contributed by atoms with Crippen molar-refractivity contribution < 1.29 is 4.74 Å². The van der Waals surface area contributed by atoms with E-state index in [0.29, 0.717) is 0 Å². The summed E-state index contributed by atoms with van der Waals surface area (Å²) in [6.45, 7) is 4.18. The van der Waals surface area contributed by atoms with Crippen molar-refractivity contribution >= 4 is 11.3 Å². The first-order valence-corrected chi connectivity index (χ1v) is 5.35. The van der Waals surface area contributed by atoms with Crippen molar-refractivity contribution in [2.45, 2.75) is 32.4 Å². The van der Waals surface area contributed by atoms with Gasteiger partial charge in [-0.2, -0.15) is 0 Å². The highest BCUT2D eigenvalue weighted by molar-refractivity contribution is 7.12. The number of aryl methyl sites for hydroxylation is 1. The zero-order chi connectivity index (χ0) is 9.84. The Kier molecular flexibility index (Phi) is 3.90. The fourth-order valence-corrected chi connectivity index (χ4v) is 2.35. The van der Waals surface area contributed by atoms with E-state index in [1.807, 2.05) is 0 Å². The number of methoxy groups -OCH3 is 1. The molecule has 1 aromatic heterocycles. The molecular formula is C10H17NOS. The van der Waals surface area contributed by atoms with Crippen LogP contribution in [-0.4, -0.2) is 13.2 Å². The second-order valence-corrected chi connectivity index (χ2v) is 4.50. The monoisotopic (exact) mass is 199 g/mol. The molecule has 0 spiro atoms. The van der Waals surface area contributed by atoms with Crippen molar-refractivity contribution in [3.05, 3.63) is 21.9 Å². The smallest absolute Gasteiger partial charge is 0.106 e. The Morgan fingerprint density at radius 1 is 1.54 bits per heavy atom. The summed E-state index contributed by atoms with van der Waals surface area (Å²) in [5.41, 5.74) is 5.95. The Morgan fingerprint density at radius 2 is 2.23 bits per heavy atom. The molecule has 0 aromatic carbocycles. The molecular weight excluding hydrogens is 182 g/mol. The van der Waals surface area contributed by atoms with Crippen LogP contribution in [0.2, 0.25) is 0 Å². The summed E-state index contributed by atoms with van der Waals surface area (Å²) in [5, 5.41) is 0. The van der Waals surface area contributed by atoms with Gasteiger partial charge in [0.15, 0.2) is 0 Å². The van der Waals surface area contributed by atoms with Gasteiger partial charge in [0.1, 0.15) is 6.10 Å². The Morgan fingerprint density at radius 3 is 2.62 bits per heavy atom. The second kappa shape index (κ2) is 4.74. The van der Waals surface area contributed by atoms with Crippen molar-refractivity contribution in [2.24, 2.45) is 5.73 Å². The van der Waals surface area contributed by atoms with Gasteiger partial charge in [0.25, 0.3) is 0 Å². The minimum absolute atomic E-state index is 0.0590. The summed E-state index contributed by atoms with van der Waals surface area (Å²) in [5.74, 6) is 0. The third kappa shape index (κ3) is 2.53. The summed E-state index contributed by atoms with van der Waals surface area (Å²) in [6, 6.07) is 4.31. The maximum absolute atomic E-state index is 5.95. The van der Waals surface area contributed by atoms with Crippen LogP contribution < -0.4 is 5.73 Å². The van der Waals surface area contributed by atoms with E-state index in [1.54, 1.807) is 18.4 Å². The van der Waals surface area contributed by atoms with Crippen LogP contribution in [0.25, 0.3) is 0 Å². The lowest BCUT2D eigenvalue weighted by Gasteiger charge is -2.19. The van der Waals surface area contributed by atoms with E-state index in [2.05, 4.69) is 26.0 Å². The Balaban J connectivity index is 2.77. The molecule has 2 atom stereocenters. The molecule has 2 N–H and O–H groups in total. The second-order valence-electron chi connectivity index (χ2n) is 3.18. The maximum atomic E-state index is 5.95. The lowest BCUT2D eigenvalue weighted by molar-refractivity contribution is 0.0820. The summed E-state index contributed by atoms with van der Waals surface area (Å²) in [4.78, 5) is 2.54. The molecule has 0 saturated carbocycles. The van der Waals surface area contributed by atoms with Gasteiger partial charge in [-0.3, -0.25) is 0 Å². The van der Waals surface area contributed by atoms with Crippen molar-refractivity contribution in [3.63, 3.8) is 0 Å². The topological polar surface area (TPSA) is 35.2 Å². The van der Waals surface area contributed by atoms with E-state index < -0.39 is 0 Å². The first-order chi connectivity index (χ1) is 6.19. The largest absolute Gasteiger partial charge is 0.374 e. The van der Waals surface area contributed by atoms with E-state index >= 15 is 0 Å².